The van der Waals surface area contributed by atoms with Gasteiger partial charge in [0.2, 0.25) is 0 Å². The minimum absolute atomic E-state index is 0.142. The quantitative estimate of drug-likeness (QED) is 0.934. The highest BCUT2D eigenvalue weighted by Gasteiger charge is 2.11. The molecule has 0 aliphatic heterocycles. The van der Waals surface area contributed by atoms with E-state index in [-0.39, 0.29) is 11.9 Å². The van der Waals surface area contributed by atoms with E-state index in [2.05, 4.69) is 5.32 Å². The number of nitriles is 1. The second-order valence-electron chi connectivity index (χ2n) is 4.44. The van der Waals surface area contributed by atoms with Crippen molar-refractivity contribution in [1.82, 2.24) is 5.32 Å². The molecular formula is C16H13ClN2O. The molecule has 0 unspecified atom stereocenters. The molecule has 1 N–H and O–H groups in total. The summed E-state index contributed by atoms with van der Waals surface area (Å²) in [5.41, 5.74) is 2.00. The molecule has 0 radical (unpaired) electrons. The Morgan fingerprint density at radius 2 is 1.95 bits per heavy atom. The van der Waals surface area contributed by atoms with Crippen molar-refractivity contribution in [2.45, 2.75) is 13.0 Å². The minimum Gasteiger partial charge on any atom is -0.346 e. The maximum Gasteiger partial charge on any atom is 0.251 e. The Kier molecular flexibility index (Phi) is 4.39. The molecule has 2 rings (SSSR count). The first kappa shape index (κ1) is 14.1. The van der Waals surface area contributed by atoms with Gasteiger partial charge in [0.25, 0.3) is 5.91 Å². The number of nitrogens with zero attached hydrogens (tertiary/aromatic N) is 1. The van der Waals surface area contributed by atoms with Crippen molar-refractivity contribution in [3.05, 3.63) is 70.2 Å². The summed E-state index contributed by atoms with van der Waals surface area (Å²) in [5.74, 6) is -0.179. The lowest BCUT2D eigenvalue weighted by molar-refractivity contribution is 0.0940. The smallest absolute Gasteiger partial charge is 0.251 e. The molecule has 1 atom stereocenters. The van der Waals surface area contributed by atoms with Gasteiger partial charge in [-0.1, -0.05) is 23.7 Å². The van der Waals surface area contributed by atoms with Gasteiger partial charge in [-0.15, -0.1) is 0 Å². The molecule has 0 spiro atoms. The van der Waals surface area contributed by atoms with E-state index in [1.807, 2.05) is 31.2 Å². The summed E-state index contributed by atoms with van der Waals surface area (Å²) < 4.78 is 0. The fraction of sp³-hybridized carbons (Fsp3) is 0.125. The fourth-order valence-electron chi connectivity index (χ4n) is 1.84. The van der Waals surface area contributed by atoms with E-state index >= 15 is 0 Å². The maximum absolute atomic E-state index is 12.1. The molecule has 2 aromatic rings. The van der Waals surface area contributed by atoms with Crippen LogP contribution in [-0.2, 0) is 0 Å². The lowest BCUT2D eigenvalue weighted by atomic mass is 10.1. The summed E-state index contributed by atoms with van der Waals surface area (Å²) in [5, 5.41) is 12.3. The number of nitrogens with one attached hydrogen (secondary N) is 1. The van der Waals surface area contributed by atoms with Crippen molar-refractivity contribution in [2.24, 2.45) is 0 Å². The van der Waals surface area contributed by atoms with Crippen LogP contribution >= 0.6 is 11.6 Å². The third-order valence-corrected chi connectivity index (χ3v) is 3.21. The molecule has 20 heavy (non-hydrogen) atoms. The van der Waals surface area contributed by atoms with Crippen LogP contribution in [0.25, 0.3) is 0 Å². The van der Waals surface area contributed by atoms with E-state index in [0.29, 0.717) is 16.1 Å². The molecule has 100 valence electrons. The summed E-state index contributed by atoms with van der Waals surface area (Å²) >= 11 is 5.93. The van der Waals surface area contributed by atoms with E-state index in [1.165, 1.54) is 0 Å². The van der Waals surface area contributed by atoms with Crippen LogP contribution in [0.3, 0.4) is 0 Å². The highest BCUT2D eigenvalue weighted by molar-refractivity contribution is 6.30. The van der Waals surface area contributed by atoms with Crippen molar-refractivity contribution in [3.63, 3.8) is 0 Å². The van der Waals surface area contributed by atoms with Crippen LogP contribution in [0.4, 0.5) is 0 Å². The van der Waals surface area contributed by atoms with Gasteiger partial charge < -0.3 is 5.32 Å². The Morgan fingerprint density at radius 3 is 2.55 bits per heavy atom. The predicted molar refractivity (Wildman–Crippen MR) is 78.5 cm³/mol. The first-order valence-electron chi connectivity index (χ1n) is 6.16. The Morgan fingerprint density at radius 1 is 1.25 bits per heavy atom. The van der Waals surface area contributed by atoms with Crippen LogP contribution < -0.4 is 5.32 Å². The topological polar surface area (TPSA) is 52.9 Å². The molecule has 0 fully saturated rings. The highest BCUT2D eigenvalue weighted by Crippen LogP contribution is 2.17. The molecule has 0 saturated carbocycles. The van der Waals surface area contributed by atoms with Gasteiger partial charge >= 0.3 is 0 Å². The monoisotopic (exact) mass is 284 g/mol. The molecule has 2 aromatic carbocycles. The maximum atomic E-state index is 12.1. The fourth-order valence-corrected chi connectivity index (χ4v) is 2.03. The molecule has 0 aliphatic rings. The lowest BCUT2D eigenvalue weighted by Crippen LogP contribution is -2.26. The Hall–Kier alpha value is -2.31. The summed E-state index contributed by atoms with van der Waals surface area (Å²) in [6.07, 6.45) is 0. The largest absolute Gasteiger partial charge is 0.346 e. The van der Waals surface area contributed by atoms with Crippen LogP contribution in [0.2, 0.25) is 5.02 Å². The Labute approximate surface area is 122 Å². The summed E-state index contributed by atoms with van der Waals surface area (Å²) in [6, 6.07) is 15.8. The standard InChI is InChI=1S/C16H13ClN2O/c1-11(14-3-2-4-15(17)9-14)19-16(20)13-7-5-12(10-18)6-8-13/h2-9,11H,1H3,(H,19,20)/t11-/m1/s1. The molecule has 0 aromatic heterocycles. The molecular weight excluding hydrogens is 272 g/mol. The van der Waals surface area contributed by atoms with E-state index in [1.54, 1.807) is 30.3 Å². The van der Waals surface area contributed by atoms with Crippen molar-refractivity contribution in [3.8, 4) is 6.07 Å². The van der Waals surface area contributed by atoms with Gasteiger partial charge in [-0.3, -0.25) is 4.79 Å². The number of carbonyl (C=O) groups is 1. The average Bonchev–Trinajstić information content (AvgIpc) is 2.47. The van der Waals surface area contributed by atoms with E-state index in [0.717, 1.165) is 5.56 Å². The zero-order valence-corrected chi connectivity index (χ0v) is 11.7. The van der Waals surface area contributed by atoms with Crippen molar-refractivity contribution >= 4 is 17.5 Å². The first-order valence-corrected chi connectivity index (χ1v) is 6.54. The minimum atomic E-state index is -0.179. The van der Waals surface area contributed by atoms with Gasteiger partial charge in [0.05, 0.1) is 17.7 Å². The van der Waals surface area contributed by atoms with Gasteiger partial charge in [0.15, 0.2) is 0 Å². The number of hydrogen-bond acceptors (Lipinski definition) is 2. The van der Waals surface area contributed by atoms with E-state index in [9.17, 15) is 4.79 Å². The zero-order chi connectivity index (χ0) is 14.5. The van der Waals surface area contributed by atoms with Crippen molar-refractivity contribution in [2.75, 3.05) is 0 Å². The second-order valence-corrected chi connectivity index (χ2v) is 4.88. The zero-order valence-electron chi connectivity index (χ0n) is 10.9. The Balaban J connectivity index is 2.09. The van der Waals surface area contributed by atoms with Crippen LogP contribution in [0, 0.1) is 11.3 Å². The van der Waals surface area contributed by atoms with Crippen LogP contribution in [0.5, 0.6) is 0 Å². The van der Waals surface area contributed by atoms with E-state index in [4.69, 9.17) is 16.9 Å². The SMILES string of the molecule is C[C@@H](NC(=O)c1ccc(C#N)cc1)c1cccc(Cl)c1. The number of amides is 1. The number of halogens is 1. The number of rotatable bonds is 3. The molecule has 0 aliphatic carbocycles. The predicted octanol–water partition coefficient (Wildman–Crippen LogP) is 3.70. The Bertz CT molecular complexity index is 659. The molecule has 0 bridgehead atoms. The van der Waals surface area contributed by atoms with Crippen LogP contribution in [-0.4, -0.2) is 5.91 Å². The summed E-state index contributed by atoms with van der Waals surface area (Å²) in [4.78, 5) is 12.1. The van der Waals surface area contributed by atoms with Crippen LogP contribution in [0.1, 0.15) is 34.5 Å². The highest BCUT2D eigenvalue weighted by atomic mass is 35.5. The van der Waals surface area contributed by atoms with Crippen molar-refractivity contribution in [1.29, 1.82) is 5.26 Å². The molecule has 3 nitrogen and oxygen atoms in total. The summed E-state index contributed by atoms with van der Waals surface area (Å²) in [7, 11) is 0. The van der Waals surface area contributed by atoms with Gasteiger partial charge in [0.1, 0.15) is 0 Å². The second kappa shape index (κ2) is 6.23. The number of hydrogen-bond donors (Lipinski definition) is 1. The molecule has 4 heteroatoms. The number of benzene rings is 2. The third kappa shape index (κ3) is 3.37. The van der Waals surface area contributed by atoms with Crippen LogP contribution in [0.15, 0.2) is 48.5 Å². The third-order valence-electron chi connectivity index (χ3n) is 2.97. The molecule has 0 saturated heterocycles. The first-order chi connectivity index (χ1) is 9.60. The van der Waals surface area contributed by atoms with Gasteiger partial charge in [-0.05, 0) is 48.9 Å². The summed E-state index contributed by atoms with van der Waals surface area (Å²) in [6.45, 7) is 1.90. The normalized spacial score (nSPS) is 11.4. The molecule has 1 amide bonds. The van der Waals surface area contributed by atoms with Crippen molar-refractivity contribution < 1.29 is 4.79 Å². The lowest BCUT2D eigenvalue weighted by Gasteiger charge is -2.14. The van der Waals surface area contributed by atoms with Gasteiger partial charge in [-0.25, -0.2) is 0 Å². The average molecular weight is 285 g/mol. The van der Waals surface area contributed by atoms with Gasteiger partial charge in [0, 0.05) is 10.6 Å². The number of carbonyl (C=O) groups excluding carboxylic acids is 1. The molecule has 0 heterocycles. The van der Waals surface area contributed by atoms with E-state index < -0.39 is 0 Å². The van der Waals surface area contributed by atoms with Gasteiger partial charge in [-0.2, -0.15) is 5.26 Å².